The van der Waals surface area contributed by atoms with Crippen molar-refractivity contribution in [2.45, 2.75) is 32.7 Å². The van der Waals surface area contributed by atoms with E-state index in [-0.39, 0.29) is 11.9 Å². The van der Waals surface area contributed by atoms with Crippen molar-refractivity contribution in [3.8, 4) is 0 Å². The molecule has 1 aliphatic heterocycles. The Hall–Kier alpha value is -1.00. The SMILES string of the molecule is CC(C)N(CC1CCCNC1)C(=O)c1cc(Cl)cn1C. The molecule has 5 heteroatoms. The molecule has 112 valence electrons. The van der Waals surface area contributed by atoms with Crippen molar-refractivity contribution in [1.82, 2.24) is 14.8 Å². The number of nitrogens with zero attached hydrogens (tertiary/aromatic N) is 2. The second-order valence-corrected chi connectivity index (χ2v) is 6.35. The molecule has 1 amide bonds. The molecule has 1 saturated heterocycles. The van der Waals surface area contributed by atoms with Gasteiger partial charge in [-0.1, -0.05) is 11.6 Å². The van der Waals surface area contributed by atoms with E-state index in [1.54, 1.807) is 16.8 Å². The zero-order valence-electron chi connectivity index (χ0n) is 12.5. The fourth-order valence-corrected chi connectivity index (χ4v) is 3.02. The average molecular weight is 298 g/mol. The number of halogens is 1. The minimum absolute atomic E-state index is 0.0694. The first-order valence-corrected chi connectivity index (χ1v) is 7.70. The summed E-state index contributed by atoms with van der Waals surface area (Å²) in [5, 5.41) is 4.02. The van der Waals surface area contributed by atoms with Crippen LogP contribution in [0.5, 0.6) is 0 Å². The molecule has 0 radical (unpaired) electrons. The Balaban J connectivity index is 2.11. The number of aromatic nitrogens is 1. The molecule has 2 rings (SSSR count). The third-order valence-corrected chi connectivity index (χ3v) is 4.14. The Morgan fingerprint density at radius 1 is 1.60 bits per heavy atom. The molecule has 1 fully saturated rings. The van der Waals surface area contributed by atoms with E-state index in [1.807, 2.05) is 11.9 Å². The fraction of sp³-hybridized carbons (Fsp3) is 0.667. The summed E-state index contributed by atoms with van der Waals surface area (Å²) in [6.07, 6.45) is 4.16. The maximum absolute atomic E-state index is 12.7. The molecule has 20 heavy (non-hydrogen) atoms. The maximum Gasteiger partial charge on any atom is 0.270 e. The van der Waals surface area contributed by atoms with E-state index in [2.05, 4.69) is 19.2 Å². The topological polar surface area (TPSA) is 37.3 Å². The van der Waals surface area contributed by atoms with Crippen LogP contribution >= 0.6 is 11.6 Å². The van der Waals surface area contributed by atoms with E-state index in [0.29, 0.717) is 16.6 Å². The molecule has 2 heterocycles. The van der Waals surface area contributed by atoms with Gasteiger partial charge in [0, 0.05) is 25.8 Å². The molecule has 0 bridgehead atoms. The molecule has 1 unspecified atom stereocenters. The Labute approximate surface area is 126 Å². The number of aryl methyl sites for hydroxylation is 1. The van der Waals surface area contributed by atoms with Crippen LogP contribution in [0.4, 0.5) is 0 Å². The number of nitrogens with one attached hydrogen (secondary N) is 1. The maximum atomic E-state index is 12.7. The standard InChI is InChI=1S/C15H24ClN3O/c1-11(2)19(9-12-5-4-6-17-8-12)15(20)14-7-13(16)10-18(14)3/h7,10-12,17H,4-6,8-9H2,1-3H3. The van der Waals surface area contributed by atoms with Gasteiger partial charge < -0.3 is 14.8 Å². The zero-order chi connectivity index (χ0) is 14.7. The van der Waals surface area contributed by atoms with Gasteiger partial charge in [-0.3, -0.25) is 4.79 Å². The molecule has 0 aliphatic carbocycles. The summed E-state index contributed by atoms with van der Waals surface area (Å²) in [7, 11) is 1.86. The number of piperidine rings is 1. The monoisotopic (exact) mass is 297 g/mol. The first-order valence-electron chi connectivity index (χ1n) is 7.32. The number of amides is 1. The van der Waals surface area contributed by atoms with Crippen LogP contribution in [0.25, 0.3) is 0 Å². The molecule has 0 saturated carbocycles. The minimum atomic E-state index is 0.0694. The number of carbonyl (C=O) groups is 1. The normalized spacial score (nSPS) is 19.4. The molecule has 1 aromatic heterocycles. The third-order valence-electron chi connectivity index (χ3n) is 3.93. The Morgan fingerprint density at radius 2 is 2.35 bits per heavy atom. The highest BCUT2D eigenvalue weighted by molar-refractivity contribution is 6.31. The lowest BCUT2D eigenvalue weighted by Crippen LogP contribution is -2.44. The second-order valence-electron chi connectivity index (χ2n) is 5.92. The average Bonchev–Trinajstić information content (AvgIpc) is 2.75. The van der Waals surface area contributed by atoms with Crippen molar-refractivity contribution in [1.29, 1.82) is 0 Å². The summed E-state index contributed by atoms with van der Waals surface area (Å²) in [5.74, 6) is 0.616. The summed E-state index contributed by atoms with van der Waals surface area (Å²) in [4.78, 5) is 14.7. The van der Waals surface area contributed by atoms with E-state index in [1.165, 1.54) is 12.8 Å². The van der Waals surface area contributed by atoms with Gasteiger partial charge in [0.15, 0.2) is 0 Å². The molecule has 4 nitrogen and oxygen atoms in total. The summed E-state index contributed by atoms with van der Waals surface area (Å²) < 4.78 is 1.80. The smallest absolute Gasteiger partial charge is 0.270 e. The highest BCUT2D eigenvalue weighted by Gasteiger charge is 2.25. The van der Waals surface area contributed by atoms with Gasteiger partial charge in [0.1, 0.15) is 5.69 Å². The van der Waals surface area contributed by atoms with Gasteiger partial charge >= 0.3 is 0 Å². The summed E-state index contributed by atoms with van der Waals surface area (Å²) in [5.41, 5.74) is 0.660. The first kappa shape index (κ1) is 15.4. The quantitative estimate of drug-likeness (QED) is 0.927. The number of hydrogen-bond acceptors (Lipinski definition) is 2. The molecule has 0 spiro atoms. The van der Waals surface area contributed by atoms with Crippen LogP contribution in [0.15, 0.2) is 12.3 Å². The van der Waals surface area contributed by atoms with E-state index in [9.17, 15) is 4.79 Å². The zero-order valence-corrected chi connectivity index (χ0v) is 13.3. The van der Waals surface area contributed by atoms with Crippen LogP contribution in [-0.4, -0.2) is 41.1 Å². The molecule has 1 atom stereocenters. The van der Waals surface area contributed by atoms with Crippen LogP contribution in [0.3, 0.4) is 0 Å². The number of carbonyl (C=O) groups excluding carboxylic acids is 1. The highest BCUT2D eigenvalue weighted by Crippen LogP contribution is 2.19. The van der Waals surface area contributed by atoms with E-state index in [0.717, 1.165) is 19.6 Å². The van der Waals surface area contributed by atoms with Crippen LogP contribution in [-0.2, 0) is 7.05 Å². The number of hydrogen-bond donors (Lipinski definition) is 1. The van der Waals surface area contributed by atoms with Crippen molar-refractivity contribution < 1.29 is 4.79 Å². The molecular formula is C15H24ClN3O. The van der Waals surface area contributed by atoms with Gasteiger partial charge in [0.05, 0.1) is 5.02 Å². The summed E-state index contributed by atoms with van der Waals surface area (Å²) in [6.45, 7) is 7.05. The van der Waals surface area contributed by atoms with Crippen LogP contribution in [0.2, 0.25) is 5.02 Å². The second kappa shape index (κ2) is 6.64. The van der Waals surface area contributed by atoms with E-state index < -0.39 is 0 Å². The van der Waals surface area contributed by atoms with Crippen molar-refractivity contribution in [2.24, 2.45) is 13.0 Å². The van der Waals surface area contributed by atoms with Crippen molar-refractivity contribution in [3.63, 3.8) is 0 Å². The first-order chi connectivity index (χ1) is 9.49. The third kappa shape index (κ3) is 3.55. The Morgan fingerprint density at radius 3 is 2.85 bits per heavy atom. The highest BCUT2D eigenvalue weighted by atomic mass is 35.5. The van der Waals surface area contributed by atoms with Gasteiger partial charge in [-0.2, -0.15) is 0 Å². The van der Waals surface area contributed by atoms with Crippen molar-refractivity contribution >= 4 is 17.5 Å². The van der Waals surface area contributed by atoms with Gasteiger partial charge in [0.2, 0.25) is 0 Å². The molecule has 1 aromatic rings. The van der Waals surface area contributed by atoms with Gasteiger partial charge in [-0.15, -0.1) is 0 Å². The van der Waals surface area contributed by atoms with E-state index in [4.69, 9.17) is 11.6 Å². The molecule has 0 aromatic carbocycles. The van der Waals surface area contributed by atoms with Gasteiger partial charge in [-0.25, -0.2) is 0 Å². The van der Waals surface area contributed by atoms with Crippen molar-refractivity contribution in [3.05, 3.63) is 23.0 Å². The largest absolute Gasteiger partial charge is 0.345 e. The van der Waals surface area contributed by atoms with E-state index >= 15 is 0 Å². The molecular weight excluding hydrogens is 274 g/mol. The van der Waals surface area contributed by atoms with Gasteiger partial charge in [0.25, 0.3) is 5.91 Å². The lowest BCUT2D eigenvalue weighted by Gasteiger charge is -2.33. The van der Waals surface area contributed by atoms with Crippen LogP contribution < -0.4 is 5.32 Å². The minimum Gasteiger partial charge on any atom is -0.345 e. The number of rotatable bonds is 4. The predicted octanol–water partition coefficient (Wildman–Crippen LogP) is 2.53. The Bertz CT molecular complexity index is 464. The lowest BCUT2D eigenvalue weighted by molar-refractivity contribution is 0.0651. The Kier molecular flexibility index (Phi) is 5.11. The van der Waals surface area contributed by atoms with Gasteiger partial charge in [-0.05, 0) is 51.8 Å². The summed E-state index contributed by atoms with van der Waals surface area (Å²) >= 11 is 5.98. The fourth-order valence-electron chi connectivity index (χ4n) is 2.77. The summed E-state index contributed by atoms with van der Waals surface area (Å²) in [6, 6.07) is 1.94. The molecule has 1 aliphatic rings. The molecule has 1 N–H and O–H groups in total. The van der Waals surface area contributed by atoms with Crippen molar-refractivity contribution in [2.75, 3.05) is 19.6 Å². The predicted molar refractivity (Wildman–Crippen MR) is 82.2 cm³/mol. The van der Waals surface area contributed by atoms with Crippen LogP contribution in [0.1, 0.15) is 37.2 Å². The lowest BCUT2D eigenvalue weighted by atomic mass is 9.98. The van der Waals surface area contributed by atoms with Crippen LogP contribution in [0, 0.1) is 5.92 Å².